The molecule has 0 aliphatic carbocycles. The summed E-state index contributed by atoms with van der Waals surface area (Å²) in [7, 11) is -3.54. The monoisotopic (exact) mass is 483 g/mol. The van der Waals surface area contributed by atoms with Gasteiger partial charge in [0.15, 0.2) is 0 Å². The van der Waals surface area contributed by atoms with Crippen molar-refractivity contribution in [2.24, 2.45) is 5.41 Å². The Morgan fingerprint density at radius 3 is 2.09 bits per heavy atom. The largest absolute Gasteiger partial charge is 0.334 e. The second-order valence-corrected chi connectivity index (χ2v) is 12.6. The summed E-state index contributed by atoms with van der Waals surface area (Å²) in [5.74, 6) is 0.111. The van der Waals surface area contributed by atoms with Crippen molar-refractivity contribution in [3.63, 3.8) is 0 Å². The Balaban J connectivity index is 1.41. The van der Waals surface area contributed by atoms with Crippen LogP contribution in [0.1, 0.15) is 56.8 Å². The van der Waals surface area contributed by atoms with Crippen molar-refractivity contribution in [2.75, 3.05) is 32.7 Å². The number of nitrogens with one attached hydrogen (secondary N) is 1. The highest BCUT2D eigenvalue weighted by molar-refractivity contribution is 7.89. The van der Waals surface area contributed by atoms with Crippen LogP contribution in [-0.4, -0.2) is 62.9 Å². The number of rotatable bonds is 7. The molecule has 1 atom stereocenters. The van der Waals surface area contributed by atoms with E-state index in [0.29, 0.717) is 18.2 Å². The second-order valence-electron chi connectivity index (χ2n) is 10.8. The average molecular weight is 484 g/mol. The molecule has 0 aromatic heterocycles. The Bertz CT molecular complexity index is 1080. The van der Waals surface area contributed by atoms with Gasteiger partial charge in [-0.2, -0.15) is 0 Å². The minimum atomic E-state index is -3.54. The average Bonchev–Trinajstić information content (AvgIpc) is 3.50. The van der Waals surface area contributed by atoms with E-state index in [-0.39, 0.29) is 16.2 Å². The van der Waals surface area contributed by atoms with Crippen molar-refractivity contribution in [3.05, 3.63) is 54.1 Å². The summed E-state index contributed by atoms with van der Waals surface area (Å²) < 4.78 is 27.8. The van der Waals surface area contributed by atoms with Crippen LogP contribution in [0.5, 0.6) is 0 Å². The van der Waals surface area contributed by atoms with E-state index >= 15 is 0 Å². The van der Waals surface area contributed by atoms with Gasteiger partial charge in [-0.25, -0.2) is 13.1 Å². The van der Waals surface area contributed by atoms with Crippen LogP contribution in [-0.2, 0) is 10.0 Å². The van der Waals surface area contributed by atoms with Crippen LogP contribution in [0.25, 0.3) is 11.1 Å². The zero-order valence-corrected chi connectivity index (χ0v) is 21.4. The maximum Gasteiger partial charge on any atom is 0.254 e. The Labute approximate surface area is 204 Å². The first-order valence-electron chi connectivity index (χ1n) is 12.4. The molecule has 7 heteroatoms. The van der Waals surface area contributed by atoms with E-state index in [0.717, 1.165) is 50.1 Å². The number of hydrogen-bond donors (Lipinski definition) is 1. The fraction of sp³-hybridized carbons (Fsp3) is 0.519. The van der Waals surface area contributed by atoms with Gasteiger partial charge in [0.25, 0.3) is 5.91 Å². The smallest absolute Gasteiger partial charge is 0.254 e. The quantitative estimate of drug-likeness (QED) is 0.635. The molecule has 1 amide bonds. The molecule has 2 aliphatic heterocycles. The van der Waals surface area contributed by atoms with E-state index in [9.17, 15) is 13.2 Å². The van der Waals surface area contributed by atoms with Crippen molar-refractivity contribution in [3.8, 4) is 11.1 Å². The minimum absolute atomic E-state index is 0.111. The fourth-order valence-electron chi connectivity index (χ4n) is 4.75. The highest BCUT2D eigenvalue weighted by Gasteiger charge is 2.31. The lowest BCUT2D eigenvalue weighted by molar-refractivity contribution is 0.0709. The molecule has 0 saturated carbocycles. The molecule has 184 valence electrons. The maximum absolute atomic E-state index is 13.2. The van der Waals surface area contributed by atoms with Crippen LogP contribution < -0.4 is 4.72 Å². The molecule has 1 N–H and O–H groups in total. The van der Waals surface area contributed by atoms with E-state index in [1.807, 2.05) is 57.2 Å². The van der Waals surface area contributed by atoms with Crippen LogP contribution in [0.3, 0.4) is 0 Å². The highest BCUT2D eigenvalue weighted by Crippen LogP contribution is 2.25. The van der Waals surface area contributed by atoms with Gasteiger partial charge in [0.2, 0.25) is 10.0 Å². The minimum Gasteiger partial charge on any atom is -0.334 e. The zero-order valence-electron chi connectivity index (χ0n) is 20.6. The van der Waals surface area contributed by atoms with Gasteiger partial charge in [-0.1, -0.05) is 45.0 Å². The third-order valence-corrected chi connectivity index (χ3v) is 8.15. The van der Waals surface area contributed by atoms with Crippen LogP contribution in [0.4, 0.5) is 0 Å². The van der Waals surface area contributed by atoms with Crippen LogP contribution in [0, 0.1) is 5.41 Å². The zero-order chi connectivity index (χ0) is 24.3. The van der Waals surface area contributed by atoms with Gasteiger partial charge in [0.05, 0.1) is 4.90 Å². The van der Waals surface area contributed by atoms with Gasteiger partial charge >= 0.3 is 0 Å². The number of sulfonamides is 1. The summed E-state index contributed by atoms with van der Waals surface area (Å²) >= 11 is 0. The van der Waals surface area contributed by atoms with Gasteiger partial charge in [-0.05, 0) is 79.6 Å². The molecule has 34 heavy (non-hydrogen) atoms. The molecular formula is C27H37N3O3S. The van der Waals surface area contributed by atoms with Crippen LogP contribution in [0.2, 0.25) is 0 Å². The summed E-state index contributed by atoms with van der Waals surface area (Å²) in [5, 5.41) is 0. The molecule has 2 heterocycles. The molecule has 2 aromatic rings. The van der Waals surface area contributed by atoms with E-state index in [1.165, 1.54) is 12.8 Å². The van der Waals surface area contributed by atoms with E-state index in [1.54, 1.807) is 12.1 Å². The van der Waals surface area contributed by atoms with Crippen molar-refractivity contribution < 1.29 is 13.2 Å². The van der Waals surface area contributed by atoms with E-state index < -0.39 is 10.0 Å². The molecule has 2 aromatic carbocycles. The summed E-state index contributed by atoms with van der Waals surface area (Å²) in [5.41, 5.74) is 2.46. The lowest BCUT2D eigenvalue weighted by Crippen LogP contribution is -2.42. The highest BCUT2D eigenvalue weighted by atomic mass is 32.2. The molecule has 2 saturated heterocycles. The molecule has 4 rings (SSSR count). The second kappa shape index (κ2) is 10.2. The normalized spacial score (nSPS) is 19.6. The Hall–Kier alpha value is -2.22. The van der Waals surface area contributed by atoms with Crippen LogP contribution in [0.15, 0.2) is 53.4 Å². The number of hydrogen-bond acceptors (Lipinski definition) is 4. The lowest BCUT2D eigenvalue weighted by atomic mass is 9.98. The standard InChI is InChI=1S/C27H37N3O3S/c1-27(2,3)20-28-34(32,33)25-14-12-22(13-15-25)21-8-10-23(11-9-21)26(31)30-18-6-7-24(30)19-29-16-4-5-17-29/h8-15,24,28H,4-7,16-20H2,1-3H3. The Morgan fingerprint density at radius 1 is 0.912 bits per heavy atom. The molecule has 2 fully saturated rings. The fourth-order valence-corrected chi connectivity index (χ4v) is 6.03. The van der Waals surface area contributed by atoms with Gasteiger partial charge in [-0.3, -0.25) is 4.79 Å². The number of benzene rings is 2. The number of carbonyl (C=O) groups is 1. The van der Waals surface area contributed by atoms with Gasteiger partial charge in [-0.15, -0.1) is 0 Å². The summed E-state index contributed by atoms with van der Waals surface area (Å²) in [6, 6.07) is 14.9. The molecule has 6 nitrogen and oxygen atoms in total. The first-order valence-corrected chi connectivity index (χ1v) is 13.8. The summed E-state index contributed by atoms with van der Waals surface area (Å²) in [6.45, 7) is 10.5. The molecule has 0 radical (unpaired) electrons. The number of likely N-dealkylation sites (tertiary alicyclic amines) is 2. The molecular weight excluding hydrogens is 446 g/mol. The lowest BCUT2D eigenvalue weighted by Gasteiger charge is -2.28. The Morgan fingerprint density at radius 2 is 1.50 bits per heavy atom. The topological polar surface area (TPSA) is 69.7 Å². The molecule has 2 aliphatic rings. The molecule has 0 bridgehead atoms. The van der Waals surface area contributed by atoms with Gasteiger partial charge in [0, 0.05) is 31.2 Å². The predicted molar refractivity (Wildman–Crippen MR) is 136 cm³/mol. The first-order chi connectivity index (χ1) is 16.1. The van der Waals surface area contributed by atoms with Gasteiger partial charge in [0.1, 0.15) is 0 Å². The predicted octanol–water partition coefficient (Wildman–Crippen LogP) is 4.38. The van der Waals surface area contributed by atoms with Crippen LogP contribution >= 0.6 is 0 Å². The Kier molecular flexibility index (Phi) is 7.45. The number of amides is 1. The van der Waals surface area contributed by atoms with Gasteiger partial charge < -0.3 is 9.80 Å². The van der Waals surface area contributed by atoms with Crippen molar-refractivity contribution in [2.45, 2.75) is 57.4 Å². The third-order valence-electron chi connectivity index (χ3n) is 6.73. The van der Waals surface area contributed by atoms with E-state index in [2.05, 4.69) is 14.5 Å². The summed E-state index contributed by atoms with van der Waals surface area (Å²) in [4.78, 5) is 18.0. The number of carbonyl (C=O) groups excluding carboxylic acids is 1. The first kappa shape index (κ1) is 24.9. The maximum atomic E-state index is 13.2. The molecule has 0 spiro atoms. The SMILES string of the molecule is CC(C)(C)CNS(=O)(=O)c1ccc(-c2ccc(C(=O)N3CCCC3CN3CCCC3)cc2)cc1. The van der Waals surface area contributed by atoms with Crippen molar-refractivity contribution in [1.29, 1.82) is 0 Å². The van der Waals surface area contributed by atoms with Crippen molar-refractivity contribution in [1.82, 2.24) is 14.5 Å². The van der Waals surface area contributed by atoms with Crippen molar-refractivity contribution >= 4 is 15.9 Å². The summed E-state index contributed by atoms with van der Waals surface area (Å²) in [6.07, 6.45) is 4.69. The molecule has 1 unspecified atom stereocenters. The third kappa shape index (κ3) is 6.06. The van der Waals surface area contributed by atoms with E-state index in [4.69, 9.17) is 0 Å². The number of nitrogens with zero attached hydrogens (tertiary/aromatic N) is 2.